The molecule has 1 unspecified atom stereocenters. The molecular weight excluding hydrogens is 407 g/mol. The van der Waals surface area contributed by atoms with E-state index in [2.05, 4.69) is 15.6 Å². The molecule has 1 aromatic rings. The number of ether oxygens (including phenoxy) is 1. The SMILES string of the molecule is CC(C)(C)NC(=O)CN=C(N)NC1CCOc2ccccc21.I. The molecule has 0 saturated carbocycles. The Balaban J connectivity index is 0.00000264. The van der Waals surface area contributed by atoms with Crippen molar-refractivity contribution in [3.63, 3.8) is 0 Å². The summed E-state index contributed by atoms with van der Waals surface area (Å²) in [5.74, 6) is 0.986. The Morgan fingerprint density at radius 2 is 2.09 bits per heavy atom. The zero-order valence-electron chi connectivity index (χ0n) is 13.8. The number of carbonyl (C=O) groups is 1. The summed E-state index contributed by atoms with van der Waals surface area (Å²) in [6, 6.07) is 7.90. The van der Waals surface area contributed by atoms with Crippen LogP contribution in [0.3, 0.4) is 0 Å². The number of amides is 1. The monoisotopic (exact) mass is 432 g/mol. The van der Waals surface area contributed by atoms with Crippen LogP contribution < -0.4 is 21.1 Å². The van der Waals surface area contributed by atoms with Gasteiger partial charge in [0, 0.05) is 17.5 Å². The molecule has 1 heterocycles. The van der Waals surface area contributed by atoms with E-state index in [0.717, 1.165) is 17.7 Å². The Labute approximate surface area is 154 Å². The van der Waals surface area contributed by atoms with Gasteiger partial charge in [-0.15, -0.1) is 24.0 Å². The standard InChI is InChI=1S/C16H24N4O2.HI/c1-16(2,3)20-14(21)10-18-15(17)19-12-8-9-22-13-7-5-4-6-11(12)13;/h4-7,12H,8-10H2,1-3H3,(H,20,21)(H3,17,18,19);1H. The van der Waals surface area contributed by atoms with Gasteiger partial charge in [0.1, 0.15) is 12.3 Å². The van der Waals surface area contributed by atoms with Gasteiger partial charge in [-0.2, -0.15) is 0 Å². The Bertz CT molecular complexity index is 569. The lowest BCUT2D eigenvalue weighted by Crippen LogP contribution is -2.43. The van der Waals surface area contributed by atoms with Crippen molar-refractivity contribution in [3.05, 3.63) is 29.8 Å². The van der Waals surface area contributed by atoms with Crippen molar-refractivity contribution in [1.82, 2.24) is 10.6 Å². The Hall–Kier alpha value is -1.51. The van der Waals surface area contributed by atoms with Crippen molar-refractivity contribution in [2.24, 2.45) is 10.7 Å². The molecule has 1 amide bonds. The molecule has 1 aliphatic heterocycles. The maximum Gasteiger partial charge on any atom is 0.242 e. The number of carbonyl (C=O) groups excluding carboxylic acids is 1. The molecule has 0 bridgehead atoms. The van der Waals surface area contributed by atoms with E-state index in [9.17, 15) is 4.79 Å². The van der Waals surface area contributed by atoms with E-state index in [1.807, 2.05) is 45.0 Å². The van der Waals surface area contributed by atoms with Gasteiger partial charge in [-0.05, 0) is 26.8 Å². The van der Waals surface area contributed by atoms with Crippen LogP contribution in [-0.2, 0) is 4.79 Å². The van der Waals surface area contributed by atoms with Crippen molar-refractivity contribution in [2.45, 2.75) is 38.8 Å². The molecule has 1 aliphatic rings. The molecule has 2 rings (SSSR count). The molecule has 0 aromatic heterocycles. The van der Waals surface area contributed by atoms with E-state index in [1.54, 1.807) is 0 Å². The lowest BCUT2D eigenvalue weighted by atomic mass is 10.0. The van der Waals surface area contributed by atoms with Crippen molar-refractivity contribution in [1.29, 1.82) is 0 Å². The quantitative estimate of drug-likeness (QED) is 0.387. The van der Waals surface area contributed by atoms with E-state index >= 15 is 0 Å². The third-order valence-corrected chi connectivity index (χ3v) is 3.19. The van der Waals surface area contributed by atoms with Crippen molar-refractivity contribution in [2.75, 3.05) is 13.2 Å². The van der Waals surface area contributed by atoms with Gasteiger partial charge in [0.05, 0.1) is 12.6 Å². The van der Waals surface area contributed by atoms with Crippen LogP contribution in [0.5, 0.6) is 5.75 Å². The van der Waals surface area contributed by atoms with Crippen molar-refractivity contribution >= 4 is 35.8 Å². The highest BCUT2D eigenvalue weighted by atomic mass is 127. The summed E-state index contributed by atoms with van der Waals surface area (Å²) in [7, 11) is 0. The topological polar surface area (TPSA) is 88.7 Å². The van der Waals surface area contributed by atoms with Gasteiger partial charge in [0.15, 0.2) is 5.96 Å². The average Bonchev–Trinajstić information content (AvgIpc) is 2.44. The zero-order valence-corrected chi connectivity index (χ0v) is 16.1. The highest BCUT2D eigenvalue weighted by Gasteiger charge is 2.21. The molecule has 23 heavy (non-hydrogen) atoms. The number of benzene rings is 1. The molecule has 6 nitrogen and oxygen atoms in total. The van der Waals surface area contributed by atoms with Crippen LogP contribution in [0.4, 0.5) is 0 Å². The van der Waals surface area contributed by atoms with Crippen LogP contribution >= 0.6 is 24.0 Å². The van der Waals surface area contributed by atoms with Gasteiger partial charge in [-0.3, -0.25) is 4.79 Å². The number of para-hydroxylation sites is 1. The fourth-order valence-electron chi connectivity index (χ4n) is 2.33. The maximum absolute atomic E-state index is 11.7. The maximum atomic E-state index is 11.7. The molecule has 0 radical (unpaired) electrons. The number of aliphatic imine (C=N–C) groups is 1. The van der Waals surface area contributed by atoms with E-state index in [-0.39, 0.29) is 54.0 Å². The summed E-state index contributed by atoms with van der Waals surface area (Å²) in [6.45, 7) is 6.42. The number of nitrogens with one attached hydrogen (secondary N) is 2. The molecular formula is C16H25IN4O2. The lowest BCUT2D eigenvalue weighted by molar-refractivity contribution is -0.121. The second-order valence-electron chi connectivity index (χ2n) is 6.37. The number of nitrogens with two attached hydrogens (primary N) is 1. The fourth-order valence-corrected chi connectivity index (χ4v) is 2.33. The number of guanidine groups is 1. The van der Waals surface area contributed by atoms with Gasteiger partial charge in [0.2, 0.25) is 5.91 Å². The average molecular weight is 432 g/mol. The molecule has 4 N–H and O–H groups in total. The number of hydrogen-bond acceptors (Lipinski definition) is 3. The van der Waals surface area contributed by atoms with Crippen LogP contribution in [0.25, 0.3) is 0 Å². The predicted octanol–water partition coefficient (Wildman–Crippen LogP) is 1.95. The van der Waals surface area contributed by atoms with Gasteiger partial charge < -0.3 is 21.1 Å². The Kier molecular flexibility index (Phi) is 7.11. The minimum atomic E-state index is -0.269. The molecule has 0 fully saturated rings. The number of nitrogens with zero attached hydrogens (tertiary/aromatic N) is 1. The summed E-state index contributed by atoms with van der Waals surface area (Å²) in [5, 5.41) is 6.01. The van der Waals surface area contributed by atoms with Gasteiger partial charge >= 0.3 is 0 Å². The van der Waals surface area contributed by atoms with Crippen LogP contribution in [-0.4, -0.2) is 30.6 Å². The van der Waals surface area contributed by atoms with Crippen molar-refractivity contribution < 1.29 is 9.53 Å². The first-order valence-electron chi connectivity index (χ1n) is 7.44. The van der Waals surface area contributed by atoms with Crippen LogP contribution in [0.1, 0.15) is 38.8 Å². The third kappa shape index (κ3) is 6.25. The molecule has 128 valence electrons. The molecule has 0 spiro atoms. The second kappa shape index (κ2) is 8.37. The highest BCUT2D eigenvalue weighted by molar-refractivity contribution is 14.0. The summed E-state index contributed by atoms with van der Waals surface area (Å²) < 4.78 is 5.60. The minimum absolute atomic E-state index is 0. The highest BCUT2D eigenvalue weighted by Crippen LogP contribution is 2.31. The molecule has 1 aromatic carbocycles. The summed E-state index contributed by atoms with van der Waals surface area (Å²) >= 11 is 0. The van der Waals surface area contributed by atoms with Crippen LogP contribution in [0.2, 0.25) is 0 Å². The smallest absolute Gasteiger partial charge is 0.242 e. The number of fused-ring (bicyclic) bond motifs is 1. The third-order valence-electron chi connectivity index (χ3n) is 3.19. The number of halogens is 1. The number of hydrogen-bond donors (Lipinski definition) is 3. The largest absolute Gasteiger partial charge is 0.493 e. The zero-order chi connectivity index (χ0) is 16.2. The van der Waals surface area contributed by atoms with Gasteiger partial charge in [-0.25, -0.2) is 4.99 Å². The Morgan fingerprint density at radius 1 is 1.39 bits per heavy atom. The van der Waals surface area contributed by atoms with E-state index in [0.29, 0.717) is 6.61 Å². The predicted molar refractivity (Wildman–Crippen MR) is 102 cm³/mol. The van der Waals surface area contributed by atoms with Gasteiger partial charge in [0.25, 0.3) is 0 Å². The van der Waals surface area contributed by atoms with Crippen LogP contribution in [0, 0.1) is 0 Å². The first-order chi connectivity index (χ1) is 10.3. The van der Waals surface area contributed by atoms with E-state index < -0.39 is 0 Å². The summed E-state index contributed by atoms with van der Waals surface area (Å²) in [6.07, 6.45) is 0.807. The van der Waals surface area contributed by atoms with E-state index in [4.69, 9.17) is 10.5 Å². The second-order valence-corrected chi connectivity index (χ2v) is 6.37. The summed E-state index contributed by atoms with van der Waals surface area (Å²) in [5.41, 5.74) is 6.68. The van der Waals surface area contributed by atoms with Crippen LogP contribution in [0.15, 0.2) is 29.3 Å². The van der Waals surface area contributed by atoms with Crippen molar-refractivity contribution in [3.8, 4) is 5.75 Å². The molecule has 1 atom stereocenters. The number of rotatable bonds is 3. The van der Waals surface area contributed by atoms with Gasteiger partial charge in [-0.1, -0.05) is 18.2 Å². The summed E-state index contributed by atoms with van der Waals surface area (Å²) in [4.78, 5) is 15.8. The molecule has 0 saturated heterocycles. The molecule has 0 aliphatic carbocycles. The molecule has 7 heteroatoms. The first kappa shape index (κ1) is 19.5. The minimum Gasteiger partial charge on any atom is -0.493 e. The fraction of sp³-hybridized carbons (Fsp3) is 0.500. The first-order valence-corrected chi connectivity index (χ1v) is 7.44. The van der Waals surface area contributed by atoms with E-state index in [1.165, 1.54) is 0 Å². The lowest BCUT2D eigenvalue weighted by Gasteiger charge is -2.27. The Morgan fingerprint density at radius 3 is 2.78 bits per heavy atom. The normalized spacial score (nSPS) is 17.3.